The van der Waals surface area contributed by atoms with E-state index in [1.54, 1.807) is 22.3 Å². The van der Waals surface area contributed by atoms with Crippen molar-refractivity contribution in [2.24, 2.45) is 5.92 Å². The number of carbonyl (C=O) groups excluding carboxylic acids is 1. The van der Waals surface area contributed by atoms with Gasteiger partial charge < -0.3 is 10.0 Å². The lowest BCUT2D eigenvalue weighted by molar-refractivity contribution is 0.0776. The lowest BCUT2D eigenvalue weighted by atomic mass is 10.1. The minimum Gasteiger partial charge on any atom is -0.396 e. The Hall–Kier alpha value is -1.66. The lowest BCUT2D eigenvalue weighted by Crippen LogP contribution is -2.29. The molecular formula is C13H15N3O2S. The second-order valence-corrected chi connectivity index (χ2v) is 5.68. The van der Waals surface area contributed by atoms with E-state index in [1.165, 1.54) is 0 Å². The Morgan fingerprint density at radius 3 is 3.21 bits per heavy atom. The van der Waals surface area contributed by atoms with Crippen molar-refractivity contribution in [1.29, 1.82) is 0 Å². The van der Waals surface area contributed by atoms with E-state index in [9.17, 15) is 4.79 Å². The Morgan fingerprint density at radius 1 is 1.63 bits per heavy atom. The van der Waals surface area contributed by atoms with Gasteiger partial charge in [-0.25, -0.2) is 0 Å². The maximum Gasteiger partial charge on any atom is 0.274 e. The van der Waals surface area contributed by atoms with Gasteiger partial charge in [-0.2, -0.15) is 5.10 Å². The monoisotopic (exact) mass is 277 g/mol. The summed E-state index contributed by atoms with van der Waals surface area (Å²) in [6.07, 6.45) is 0.866. The highest BCUT2D eigenvalue weighted by Crippen LogP contribution is 2.24. The van der Waals surface area contributed by atoms with Crippen LogP contribution in [0.2, 0.25) is 0 Å². The van der Waals surface area contributed by atoms with E-state index < -0.39 is 0 Å². The maximum absolute atomic E-state index is 12.3. The zero-order valence-corrected chi connectivity index (χ0v) is 11.2. The van der Waals surface area contributed by atoms with Crippen LogP contribution in [0.15, 0.2) is 23.6 Å². The minimum atomic E-state index is -0.0602. The van der Waals surface area contributed by atoms with Crippen LogP contribution in [0, 0.1) is 5.92 Å². The number of carbonyl (C=O) groups is 1. The van der Waals surface area contributed by atoms with Gasteiger partial charge in [0.1, 0.15) is 0 Å². The number of rotatable bonds is 3. The molecule has 6 heteroatoms. The van der Waals surface area contributed by atoms with Crippen molar-refractivity contribution in [2.75, 3.05) is 19.7 Å². The van der Waals surface area contributed by atoms with Gasteiger partial charge in [0.25, 0.3) is 5.91 Å². The molecule has 0 radical (unpaired) electrons. The van der Waals surface area contributed by atoms with E-state index in [0.29, 0.717) is 18.8 Å². The highest BCUT2D eigenvalue weighted by atomic mass is 32.1. The summed E-state index contributed by atoms with van der Waals surface area (Å²) in [4.78, 5) is 15.1. The smallest absolute Gasteiger partial charge is 0.274 e. The molecule has 1 amide bonds. The van der Waals surface area contributed by atoms with E-state index in [-0.39, 0.29) is 18.4 Å². The standard InChI is InChI=1S/C13H15N3O2S/c17-8-9-3-4-16(7-9)13(18)11-6-10(14-15-11)12-2-1-5-19-12/h1-2,5-6,9,17H,3-4,7-8H2,(H,14,15). The largest absolute Gasteiger partial charge is 0.396 e. The average Bonchev–Trinajstić information content (AvgIpc) is 3.16. The van der Waals surface area contributed by atoms with Crippen molar-refractivity contribution in [2.45, 2.75) is 6.42 Å². The van der Waals surface area contributed by atoms with Crippen molar-refractivity contribution in [3.05, 3.63) is 29.3 Å². The molecule has 2 aromatic heterocycles. The Bertz CT molecular complexity index is 564. The first-order valence-electron chi connectivity index (χ1n) is 6.27. The third-order valence-corrected chi connectivity index (χ3v) is 4.32. The predicted molar refractivity (Wildman–Crippen MR) is 73.0 cm³/mol. The number of nitrogens with zero attached hydrogens (tertiary/aromatic N) is 2. The molecule has 3 rings (SSSR count). The molecule has 100 valence electrons. The van der Waals surface area contributed by atoms with Crippen LogP contribution in [0.1, 0.15) is 16.9 Å². The van der Waals surface area contributed by atoms with Crippen molar-refractivity contribution in [3.8, 4) is 10.6 Å². The Labute approximate surface area is 114 Å². The highest BCUT2D eigenvalue weighted by Gasteiger charge is 2.27. The van der Waals surface area contributed by atoms with E-state index in [0.717, 1.165) is 17.0 Å². The fourth-order valence-corrected chi connectivity index (χ4v) is 3.01. The number of aliphatic hydroxyl groups excluding tert-OH is 1. The van der Waals surface area contributed by atoms with Gasteiger partial charge in [-0.3, -0.25) is 9.89 Å². The molecule has 1 saturated heterocycles. The molecule has 2 aromatic rings. The molecule has 0 aromatic carbocycles. The molecule has 0 spiro atoms. The van der Waals surface area contributed by atoms with Gasteiger partial charge in [0.2, 0.25) is 0 Å². The molecule has 1 fully saturated rings. The van der Waals surface area contributed by atoms with E-state index in [4.69, 9.17) is 5.11 Å². The molecule has 2 N–H and O–H groups in total. The van der Waals surface area contributed by atoms with Crippen LogP contribution in [0.4, 0.5) is 0 Å². The number of likely N-dealkylation sites (tertiary alicyclic amines) is 1. The van der Waals surface area contributed by atoms with Gasteiger partial charge in [-0.05, 0) is 23.9 Å². The number of thiophene rings is 1. The number of H-pyrrole nitrogens is 1. The molecule has 1 aliphatic heterocycles. The van der Waals surface area contributed by atoms with Gasteiger partial charge in [-0.15, -0.1) is 11.3 Å². The molecule has 1 atom stereocenters. The Morgan fingerprint density at radius 2 is 2.53 bits per heavy atom. The SMILES string of the molecule is O=C(c1cc(-c2cccs2)[nH]n1)N1CCC(CO)C1. The number of aromatic amines is 1. The van der Waals surface area contributed by atoms with Crippen molar-refractivity contribution in [1.82, 2.24) is 15.1 Å². The van der Waals surface area contributed by atoms with Crippen LogP contribution < -0.4 is 0 Å². The summed E-state index contributed by atoms with van der Waals surface area (Å²) in [6.45, 7) is 1.46. The molecule has 0 aliphatic carbocycles. The van der Waals surface area contributed by atoms with Crippen molar-refractivity contribution in [3.63, 3.8) is 0 Å². The molecule has 3 heterocycles. The summed E-state index contributed by atoms with van der Waals surface area (Å²) in [7, 11) is 0. The third kappa shape index (κ3) is 2.41. The van der Waals surface area contributed by atoms with Gasteiger partial charge in [0.15, 0.2) is 5.69 Å². The molecule has 1 unspecified atom stereocenters. The number of hydrogen-bond donors (Lipinski definition) is 2. The quantitative estimate of drug-likeness (QED) is 0.895. The first-order chi connectivity index (χ1) is 9.28. The molecule has 1 aliphatic rings. The summed E-state index contributed by atoms with van der Waals surface area (Å²) in [5, 5.41) is 18.1. The van der Waals surface area contributed by atoms with Gasteiger partial charge in [0, 0.05) is 25.6 Å². The minimum absolute atomic E-state index is 0.0602. The number of amides is 1. The lowest BCUT2D eigenvalue weighted by Gasteiger charge is -2.14. The topological polar surface area (TPSA) is 69.2 Å². The summed E-state index contributed by atoms with van der Waals surface area (Å²) >= 11 is 1.61. The fraction of sp³-hybridized carbons (Fsp3) is 0.385. The third-order valence-electron chi connectivity index (χ3n) is 3.41. The Kier molecular flexibility index (Phi) is 3.35. The summed E-state index contributed by atoms with van der Waals surface area (Å²) in [5.74, 6) is 0.148. The van der Waals surface area contributed by atoms with Crippen LogP contribution >= 0.6 is 11.3 Å². The average molecular weight is 277 g/mol. The molecular weight excluding hydrogens is 262 g/mol. The molecule has 19 heavy (non-hydrogen) atoms. The summed E-state index contributed by atoms with van der Waals surface area (Å²) < 4.78 is 0. The van der Waals surface area contributed by atoms with Crippen molar-refractivity contribution >= 4 is 17.2 Å². The van der Waals surface area contributed by atoms with Crippen LogP contribution in [0.3, 0.4) is 0 Å². The summed E-state index contributed by atoms with van der Waals surface area (Å²) in [6, 6.07) is 5.75. The van der Waals surface area contributed by atoms with Crippen molar-refractivity contribution < 1.29 is 9.90 Å². The molecule has 0 bridgehead atoms. The zero-order chi connectivity index (χ0) is 13.2. The van der Waals surface area contributed by atoms with Crippen LogP contribution in [-0.4, -0.2) is 45.8 Å². The first-order valence-corrected chi connectivity index (χ1v) is 7.15. The number of hydrogen-bond acceptors (Lipinski definition) is 4. The van der Waals surface area contributed by atoms with Gasteiger partial charge >= 0.3 is 0 Å². The zero-order valence-electron chi connectivity index (χ0n) is 10.4. The van der Waals surface area contributed by atoms with E-state index in [2.05, 4.69) is 10.2 Å². The number of nitrogens with one attached hydrogen (secondary N) is 1. The van der Waals surface area contributed by atoms with Crippen LogP contribution in [-0.2, 0) is 0 Å². The first kappa shape index (κ1) is 12.4. The van der Waals surface area contributed by atoms with Gasteiger partial charge in [0.05, 0.1) is 10.6 Å². The molecule has 0 saturated carbocycles. The Balaban J connectivity index is 1.74. The number of aromatic nitrogens is 2. The van der Waals surface area contributed by atoms with E-state index >= 15 is 0 Å². The summed E-state index contributed by atoms with van der Waals surface area (Å²) in [5.41, 5.74) is 1.32. The van der Waals surface area contributed by atoms with Gasteiger partial charge in [-0.1, -0.05) is 6.07 Å². The van der Waals surface area contributed by atoms with Crippen LogP contribution in [0.5, 0.6) is 0 Å². The second-order valence-electron chi connectivity index (χ2n) is 4.73. The fourth-order valence-electron chi connectivity index (χ4n) is 2.32. The molecule has 5 nitrogen and oxygen atoms in total. The normalized spacial score (nSPS) is 19.0. The highest BCUT2D eigenvalue weighted by molar-refractivity contribution is 7.13. The van der Waals surface area contributed by atoms with E-state index in [1.807, 2.05) is 17.5 Å². The maximum atomic E-state index is 12.3. The van der Waals surface area contributed by atoms with Crippen LogP contribution in [0.25, 0.3) is 10.6 Å². The number of aliphatic hydroxyl groups is 1. The predicted octanol–water partition coefficient (Wildman–Crippen LogP) is 1.59. The second kappa shape index (κ2) is 5.14.